The Balaban J connectivity index is 1.45. The van der Waals surface area contributed by atoms with E-state index in [0.29, 0.717) is 22.4 Å². The molecule has 24 heavy (non-hydrogen) atoms. The van der Waals surface area contributed by atoms with Crippen LogP contribution < -0.4 is 16.0 Å². The van der Waals surface area contributed by atoms with Gasteiger partial charge in [-0.1, -0.05) is 29.8 Å². The van der Waals surface area contributed by atoms with Gasteiger partial charge in [0.15, 0.2) is 12.0 Å². The van der Waals surface area contributed by atoms with Crippen LogP contribution in [0, 0.1) is 5.82 Å². The zero-order valence-corrected chi connectivity index (χ0v) is 13.2. The van der Waals surface area contributed by atoms with Crippen molar-refractivity contribution in [1.82, 2.24) is 15.2 Å². The third kappa shape index (κ3) is 2.74. The lowest BCUT2D eigenvalue weighted by molar-refractivity contribution is 0.613. The van der Waals surface area contributed by atoms with Gasteiger partial charge >= 0.3 is 0 Å². The lowest BCUT2D eigenvalue weighted by atomic mass is 10.2. The number of aromatic amines is 1. The molecule has 0 spiro atoms. The summed E-state index contributed by atoms with van der Waals surface area (Å²) in [7, 11) is 0. The van der Waals surface area contributed by atoms with Crippen LogP contribution in [0.5, 0.6) is 0 Å². The molecule has 6 nitrogen and oxygen atoms in total. The fourth-order valence-electron chi connectivity index (χ4n) is 2.57. The van der Waals surface area contributed by atoms with Crippen molar-refractivity contribution in [2.24, 2.45) is 0 Å². The molecular formula is C16H14ClFN6. The van der Waals surface area contributed by atoms with E-state index in [9.17, 15) is 4.39 Å². The SMILES string of the molecule is Fc1cccc(Cl)c1CNc1nc(C2Nc3ccccc3N2)n[nH]1. The summed E-state index contributed by atoms with van der Waals surface area (Å²) in [5, 5.41) is 16.9. The van der Waals surface area contributed by atoms with E-state index in [-0.39, 0.29) is 18.5 Å². The second-order valence-electron chi connectivity index (χ2n) is 5.36. The van der Waals surface area contributed by atoms with Gasteiger partial charge in [-0.2, -0.15) is 10.1 Å². The first-order chi connectivity index (χ1) is 11.7. The minimum atomic E-state index is -0.357. The third-order valence-corrected chi connectivity index (χ3v) is 4.14. The van der Waals surface area contributed by atoms with Gasteiger partial charge in [0.05, 0.1) is 11.4 Å². The first-order valence-corrected chi connectivity index (χ1v) is 7.79. The Kier molecular flexibility index (Phi) is 3.70. The molecule has 3 aromatic rings. The highest BCUT2D eigenvalue weighted by atomic mass is 35.5. The van der Waals surface area contributed by atoms with Gasteiger partial charge in [0.25, 0.3) is 0 Å². The van der Waals surface area contributed by atoms with Crippen LogP contribution in [0.3, 0.4) is 0 Å². The van der Waals surface area contributed by atoms with E-state index >= 15 is 0 Å². The second kappa shape index (κ2) is 6.01. The molecule has 4 rings (SSSR count). The molecule has 0 unspecified atom stereocenters. The largest absolute Gasteiger partial charge is 0.357 e. The van der Waals surface area contributed by atoms with E-state index in [0.717, 1.165) is 11.4 Å². The van der Waals surface area contributed by atoms with Crippen molar-refractivity contribution < 1.29 is 4.39 Å². The van der Waals surface area contributed by atoms with E-state index in [2.05, 4.69) is 31.1 Å². The van der Waals surface area contributed by atoms with Crippen molar-refractivity contribution >= 4 is 28.9 Å². The topological polar surface area (TPSA) is 77.7 Å². The molecule has 1 aliphatic rings. The summed E-state index contributed by atoms with van der Waals surface area (Å²) in [6, 6.07) is 12.5. The number of anilines is 3. The Morgan fingerprint density at radius 3 is 2.54 bits per heavy atom. The van der Waals surface area contributed by atoms with E-state index in [1.165, 1.54) is 6.07 Å². The zero-order chi connectivity index (χ0) is 16.5. The lowest BCUT2D eigenvalue weighted by Gasteiger charge is -2.07. The van der Waals surface area contributed by atoms with Crippen LogP contribution in [0.2, 0.25) is 5.02 Å². The van der Waals surface area contributed by atoms with Gasteiger partial charge in [-0.25, -0.2) is 9.49 Å². The van der Waals surface area contributed by atoms with Crippen LogP contribution in [0.4, 0.5) is 21.7 Å². The van der Waals surface area contributed by atoms with Gasteiger partial charge < -0.3 is 16.0 Å². The number of nitrogens with zero attached hydrogens (tertiary/aromatic N) is 2. The summed E-state index contributed by atoms with van der Waals surface area (Å²) in [5.41, 5.74) is 2.39. The molecule has 0 saturated carbocycles. The van der Waals surface area contributed by atoms with Crippen molar-refractivity contribution in [3.8, 4) is 0 Å². The van der Waals surface area contributed by atoms with Crippen molar-refractivity contribution in [3.63, 3.8) is 0 Å². The van der Waals surface area contributed by atoms with Crippen LogP contribution in [0.15, 0.2) is 42.5 Å². The number of fused-ring (bicyclic) bond motifs is 1. The monoisotopic (exact) mass is 344 g/mol. The molecule has 0 fully saturated rings. The van der Waals surface area contributed by atoms with Gasteiger partial charge in [-0.05, 0) is 24.3 Å². The van der Waals surface area contributed by atoms with Crippen LogP contribution in [0.25, 0.3) is 0 Å². The highest BCUT2D eigenvalue weighted by Crippen LogP contribution is 2.33. The standard InChI is InChI=1S/C16H14ClFN6/c17-10-4-3-5-11(18)9(10)8-19-16-22-15(23-24-16)14-20-12-6-1-2-7-13(12)21-14/h1-7,14,20-21H,8H2,(H2,19,22,23,24). The van der Waals surface area contributed by atoms with Gasteiger partial charge in [-0.3, -0.25) is 0 Å². The molecule has 0 saturated heterocycles. The average molecular weight is 345 g/mol. The molecule has 122 valence electrons. The second-order valence-corrected chi connectivity index (χ2v) is 5.77. The molecule has 1 aromatic heterocycles. The molecule has 0 bridgehead atoms. The van der Waals surface area contributed by atoms with Crippen molar-refractivity contribution in [1.29, 1.82) is 0 Å². The summed E-state index contributed by atoms with van der Waals surface area (Å²) < 4.78 is 13.8. The molecular weight excluding hydrogens is 331 g/mol. The van der Waals surface area contributed by atoms with Crippen molar-refractivity contribution in [2.75, 3.05) is 16.0 Å². The van der Waals surface area contributed by atoms with Crippen molar-refractivity contribution in [3.05, 3.63) is 64.7 Å². The van der Waals surface area contributed by atoms with Crippen LogP contribution >= 0.6 is 11.6 Å². The first kappa shape index (κ1) is 14.8. The first-order valence-electron chi connectivity index (χ1n) is 7.42. The Hall–Kier alpha value is -2.80. The van der Waals surface area contributed by atoms with Gasteiger partial charge in [0.2, 0.25) is 5.95 Å². The normalized spacial score (nSPS) is 13.2. The maximum absolute atomic E-state index is 13.8. The highest BCUT2D eigenvalue weighted by Gasteiger charge is 2.24. The van der Waals surface area contributed by atoms with E-state index in [1.807, 2.05) is 24.3 Å². The van der Waals surface area contributed by atoms with E-state index in [4.69, 9.17) is 11.6 Å². The molecule has 8 heteroatoms. The maximum atomic E-state index is 13.8. The van der Waals surface area contributed by atoms with E-state index < -0.39 is 0 Å². The zero-order valence-electron chi connectivity index (χ0n) is 12.5. The van der Waals surface area contributed by atoms with Gasteiger partial charge in [-0.15, -0.1) is 0 Å². The molecule has 4 N–H and O–H groups in total. The summed E-state index contributed by atoms with van der Waals surface area (Å²) in [6.45, 7) is 0.214. The van der Waals surface area contributed by atoms with Gasteiger partial charge in [0.1, 0.15) is 5.82 Å². The average Bonchev–Trinajstić information content (AvgIpc) is 3.20. The predicted molar refractivity (Wildman–Crippen MR) is 91.5 cm³/mol. The summed E-state index contributed by atoms with van der Waals surface area (Å²) in [5.74, 6) is 0.654. The molecule has 0 radical (unpaired) electrons. The molecule has 2 aromatic carbocycles. The lowest BCUT2D eigenvalue weighted by Crippen LogP contribution is -2.14. The van der Waals surface area contributed by atoms with Gasteiger partial charge in [0, 0.05) is 17.1 Å². The van der Waals surface area contributed by atoms with Crippen molar-refractivity contribution in [2.45, 2.75) is 12.7 Å². The summed E-state index contributed by atoms with van der Waals surface area (Å²) >= 11 is 6.01. The minimum Gasteiger partial charge on any atom is -0.357 e. The molecule has 0 aliphatic carbocycles. The third-order valence-electron chi connectivity index (χ3n) is 3.78. The quantitative estimate of drug-likeness (QED) is 0.580. The van der Waals surface area contributed by atoms with Crippen LogP contribution in [-0.2, 0) is 6.54 Å². The number of aromatic nitrogens is 3. The number of nitrogens with one attached hydrogen (secondary N) is 4. The molecule has 1 aliphatic heterocycles. The fraction of sp³-hybridized carbons (Fsp3) is 0.125. The van der Waals surface area contributed by atoms with E-state index in [1.54, 1.807) is 12.1 Å². The maximum Gasteiger partial charge on any atom is 0.219 e. The fourth-order valence-corrected chi connectivity index (χ4v) is 2.80. The highest BCUT2D eigenvalue weighted by molar-refractivity contribution is 6.31. The smallest absolute Gasteiger partial charge is 0.219 e. The minimum absolute atomic E-state index is 0.214. The number of H-pyrrole nitrogens is 1. The Bertz CT molecular complexity index is 835. The Labute approximate surface area is 142 Å². The number of halogens is 2. The number of benzene rings is 2. The number of hydrogen-bond acceptors (Lipinski definition) is 5. The predicted octanol–water partition coefficient (Wildman–Crippen LogP) is 3.75. The number of para-hydroxylation sites is 2. The number of hydrogen-bond donors (Lipinski definition) is 4. The Morgan fingerprint density at radius 2 is 1.83 bits per heavy atom. The van der Waals surface area contributed by atoms with Crippen LogP contribution in [-0.4, -0.2) is 15.2 Å². The Morgan fingerprint density at radius 1 is 1.08 bits per heavy atom. The molecule has 0 atom stereocenters. The number of rotatable bonds is 4. The summed E-state index contributed by atoms with van der Waals surface area (Å²) in [6.07, 6.45) is -0.216. The summed E-state index contributed by atoms with van der Waals surface area (Å²) in [4.78, 5) is 4.38. The van der Waals surface area contributed by atoms with Crippen LogP contribution in [0.1, 0.15) is 17.6 Å². The molecule has 0 amide bonds. The molecule has 2 heterocycles.